The molecule has 1 unspecified atom stereocenters. The summed E-state index contributed by atoms with van der Waals surface area (Å²) >= 11 is 0. The Hall–Kier alpha value is -1.28. The number of unbranched alkanes of at least 4 members (excludes halogenated alkanes) is 2. The van der Waals surface area contributed by atoms with E-state index in [9.17, 15) is 0 Å². The third kappa shape index (κ3) is 4.38. The summed E-state index contributed by atoms with van der Waals surface area (Å²) in [6.45, 7) is 6.78. The molecule has 0 amide bonds. The van der Waals surface area contributed by atoms with Crippen molar-refractivity contribution >= 4 is 10.9 Å². The van der Waals surface area contributed by atoms with Crippen LogP contribution < -0.4 is 5.32 Å². The maximum atomic E-state index is 3.64. The Labute approximate surface area is 123 Å². The smallest absolute Gasteiger partial charge is 0.0480 e. The largest absolute Gasteiger partial charge is 0.347 e. The molecule has 1 atom stereocenters. The molecule has 1 heterocycles. The van der Waals surface area contributed by atoms with Gasteiger partial charge in [-0.2, -0.15) is 0 Å². The van der Waals surface area contributed by atoms with Crippen molar-refractivity contribution in [3.05, 3.63) is 36.5 Å². The van der Waals surface area contributed by atoms with E-state index >= 15 is 0 Å². The second-order valence-electron chi connectivity index (χ2n) is 5.77. The molecule has 0 bridgehead atoms. The van der Waals surface area contributed by atoms with Gasteiger partial charge < -0.3 is 9.88 Å². The molecule has 0 saturated carbocycles. The van der Waals surface area contributed by atoms with Gasteiger partial charge in [0.15, 0.2) is 0 Å². The molecule has 2 nitrogen and oxygen atoms in total. The fourth-order valence-electron chi connectivity index (χ4n) is 2.74. The third-order valence-corrected chi connectivity index (χ3v) is 3.99. The molecule has 20 heavy (non-hydrogen) atoms. The predicted molar refractivity (Wildman–Crippen MR) is 88.2 cm³/mol. The Morgan fingerprint density at radius 1 is 1.10 bits per heavy atom. The summed E-state index contributed by atoms with van der Waals surface area (Å²) in [5.74, 6) is 0. The van der Waals surface area contributed by atoms with Crippen molar-refractivity contribution in [2.24, 2.45) is 0 Å². The number of aromatic nitrogens is 1. The molecular weight excluding hydrogens is 244 g/mol. The van der Waals surface area contributed by atoms with Crippen LogP contribution in [0.2, 0.25) is 0 Å². The van der Waals surface area contributed by atoms with Crippen LogP contribution in [0.3, 0.4) is 0 Å². The lowest BCUT2D eigenvalue weighted by Crippen LogP contribution is -2.27. The van der Waals surface area contributed by atoms with E-state index in [1.54, 1.807) is 0 Å². The quantitative estimate of drug-likeness (QED) is 0.661. The van der Waals surface area contributed by atoms with Crippen LogP contribution in [-0.4, -0.2) is 17.2 Å². The Morgan fingerprint density at radius 3 is 2.80 bits per heavy atom. The number of rotatable bonds is 9. The van der Waals surface area contributed by atoms with Gasteiger partial charge in [0.2, 0.25) is 0 Å². The maximum Gasteiger partial charge on any atom is 0.0480 e. The fourth-order valence-corrected chi connectivity index (χ4v) is 2.74. The minimum Gasteiger partial charge on any atom is -0.347 e. The summed E-state index contributed by atoms with van der Waals surface area (Å²) in [7, 11) is 0. The third-order valence-electron chi connectivity index (χ3n) is 3.99. The molecular formula is C18H28N2. The van der Waals surface area contributed by atoms with Gasteiger partial charge in [-0.3, -0.25) is 0 Å². The number of hydrogen-bond acceptors (Lipinski definition) is 1. The predicted octanol–water partition coefficient (Wildman–Crippen LogP) is 4.59. The molecule has 0 aliphatic carbocycles. The van der Waals surface area contributed by atoms with Crippen molar-refractivity contribution in [2.75, 3.05) is 6.54 Å². The molecule has 1 aromatic heterocycles. The zero-order valence-electron chi connectivity index (χ0n) is 12.9. The number of nitrogens with one attached hydrogen (secondary N) is 1. The number of nitrogens with zero attached hydrogens (tertiary/aromatic N) is 1. The Bertz CT molecular complexity index is 501. The normalized spacial score (nSPS) is 12.9. The summed E-state index contributed by atoms with van der Waals surface area (Å²) in [6, 6.07) is 11.5. The van der Waals surface area contributed by atoms with Crippen molar-refractivity contribution < 1.29 is 0 Å². The first-order valence-electron chi connectivity index (χ1n) is 8.08. The molecule has 1 aromatic carbocycles. The molecule has 0 spiro atoms. The molecule has 2 rings (SSSR count). The highest BCUT2D eigenvalue weighted by Crippen LogP contribution is 2.15. The summed E-state index contributed by atoms with van der Waals surface area (Å²) in [5.41, 5.74) is 1.35. The number of fused-ring (bicyclic) bond motifs is 1. The minimum atomic E-state index is 0.656. The van der Waals surface area contributed by atoms with E-state index in [4.69, 9.17) is 0 Å². The lowest BCUT2D eigenvalue weighted by Gasteiger charge is -2.13. The van der Waals surface area contributed by atoms with E-state index in [-0.39, 0.29) is 0 Å². The van der Waals surface area contributed by atoms with Gasteiger partial charge in [-0.15, -0.1) is 0 Å². The lowest BCUT2D eigenvalue weighted by atomic mass is 10.1. The average Bonchev–Trinajstić information content (AvgIpc) is 2.87. The number of hydrogen-bond donors (Lipinski definition) is 1. The van der Waals surface area contributed by atoms with Crippen LogP contribution >= 0.6 is 0 Å². The highest BCUT2D eigenvalue weighted by atomic mass is 15.0. The van der Waals surface area contributed by atoms with Gasteiger partial charge >= 0.3 is 0 Å². The molecule has 1 N–H and O–H groups in total. The standard InChI is InChI=1S/C18H28N2/c1-3-4-5-9-16(2)19-13-8-14-20-15-12-17-10-6-7-11-18(17)20/h6-7,10-12,15-16,19H,3-5,8-9,13-14H2,1-2H3. The first-order chi connectivity index (χ1) is 9.81. The van der Waals surface area contributed by atoms with Crippen LogP contribution in [0.5, 0.6) is 0 Å². The Morgan fingerprint density at radius 2 is 1.95 bits per heavy atom. The minimum absolute atomic E-state index is 0.656. The van der Waals surface area contributed by atoms with Crippen LogP contribution in [0.25, 0.3) is 10.9 Å². The second-order valence-corrected chi connectivity index (χ2v) is 5.77. The van der Waals surface area contributed by atoms with Gasteiger partial charge in [-0.25, -0.2) is 0 Å². The molecule has 0 radical (unpaired) electrons. The lowest BCUT2D eigenvalue weighted by molar-refractivity contribution is 0.472. The van der Waals surface area contributed by atoms with Crippen molar-refractivity contribution in [1.29, 1.82) is 0 Å². The molecule has 2 heteroatoms. The van der Waals surface area contributed by atoms with Gasteiger partial charge in [0, 0.05) is 24.3 Å². The summed E-state index contributed by atoms with van der Waals surface area (Å²) in [6.07, 6.45) is 8.73. The first-order valence-corrected chi connectivity index (χ1v) is 8.08. The van der Waals surface area contributed by atoms with E-state index < -0.39 is 0 Å². The van der Waals surface area contributed by atoms with Gasteiger partial charge in [-0.1, -0.05) is 44.4 Å². The van der Waals surface area contributed by atoms with Crippen LogP contribution in [0.15, 0.2) is 36.5 Å². The van der Waals surface area contributed by atoms with Gasteiger partial charge in [0.25, 0.3) is 0 Å². The zero-order chi connectivity index (χ0) is 14.2. The Kier molecular flexibility index (Phi) is 6.13. The molecule has 0 aliphatic rings. The van der Waals surface area contributed by atoms with Crippen LogP contribution in [-0.2, 0) is 6.54 Å². The summed E-state index contributed by atoms with van der Waals surface area (Å²) in [4.78, 5) is 0. The van der Waals surface area contributed by atoms with E-state index in [0.717, 1.165) is 13.1 Å². The van der Waals surface area contributed by atoms with Crippen molar-refractivity contribution in [3.8, 4) is 0 Å². The highest BCUT2D eigenvalue weighted by Gasteiger charge is 2.02. The monoisotopic (exact) mass is 272 g/mol. The maximum absolute atomic E-state index is 3.64. The number of para-hydroxylation sites is 1. The van der Waals surface area contributed by atoms with Crippen molar-refractivity contribution in [3.63, 3.8) is 0 Å². The van der Waals surface area contributed by atoms with Gasteiger partial charge in [0.05, 0.1) is 0 Å². The van der Waals surface area contributed by atoms with Gasteiger partial charge in [0.1, 0.15) is 0 Å². The number of aryl methyl sites for hydroxylation is 1. The van der Waals surface area contributed by atoms with Crippen LogP contribution in [0, 0.1) is 0 Å². The van der Waals surface area contributed by atoms with E-state index in [1.165, 1.54) is 43.0 Å². The molecule has 2 aromatic rings. The fraction of sp³-hybridized carbons (Fsp3) is 0.556. The topological polar surface area (TPSA) is 17.0 Å². The molecule has 0 saturated heterocycles. The van der Waals surface area contributed by atoms with Gasteiger partial charge in [-0.05, 0) is 43.8 Å². The van der Waals surface area contributed by atoms with E-state index in [0.29, 0.717) is 6.04 Å². The highest BCUT2D eigenvalue weighted by molar-refractivity contribution is 5.79. The second kappa shape index (κ2) is 8.11. The number of benzene rings is 1. The summed E-state index contributed by atoms with van der Waals surface area (Å²) in [5, 5.41) is 4.98. The van der Waals surface area contributed by atoms with Crippen LogP contribution in [0.1, 0.15) is 46.0 Å². The van der Waals surface area contributed by atoms with E-state index in [2.05, 4.69) is 60.3 Å². The van der Waals surface area contributed by atoms with Crippen LogP contribution in [0.4, 0.5) is 0 Å². The SMILES string of the molecule is CCCCCC(C)NCCCn1ccc2ccccc21. The molecule has 0 aliphatic heterocycles. The molecule has 0 fully saturated rings. The Balaban J connectivity index is 1.68. The van der Waals surface area contributed by atoms with Crippen molar-refractivity contribution in [2.45, 2.75) is 58.5 Å². The first kappa shape index (κ1) is 15.1. The molecule has 110 valence electrons. The van der Waals surface area contributed by atoms with E-state index in [1.807, 2.05) is 0 Å². The zero-order valence-corrected chi connectivity index (χ0v) is 12.9. The summed E-state index contributed by atoms with van der Waals surface area (Å²) < 4.78 is 2.36. The average molecular weight is 272 g/mol. The van der Waals surface area contributed by atoms with Crippen molar-refractivity contribution in [1.82, 2.24) is 9.88 Å².